The lowest BCUT2D eigenvalue weighted by Crippen LogP contribution is -2.48. The van der Waals surface area contributed by atoms with E-state index in [4.69, 9.17) is 0 Å². The molecule has 2 bridgehead atoms. The summed E-state index contributed by atoms with van der Waals surface area (Å²) < 4.78 is 36.5. The van der Waals surface area contributed by atoms with Crippen LogP contribution in [0, 0.1) is 0 Å². The normalized spacial score (nSPS) is 34.3. The third-order valence-corrected chi connectivity index (χ3v) is 3.26. The van der Waals surface area contributed by atoms with Crippen molar-refractivity contribution in [3.63, 3.8) is 0 Å². The average molecular weight is 208 g/mol. The largest absolute Gasteiger partial charge is 0.401 e. The number of likely N-dealkylation sites (N-methyl/N-ethyl adjacent to an activating group) is 1. The van der Waals surface area contributed by atoms with Crippen LogP contribution in [0.3, 0.4) is 0 Å². The summed E-state index contributed by atoms with van der Waals surface area (Å²) in [7, 11) is 0. The molecule has 0 aliphatic carbocycles. The van der Waals surface area contributed by atoms with Gasteiger partial charge in [0.25, 0.3) is 0 Å². The molecule has 14 heavy (non-hydrogen) atoms. The first kappa shape index (κ1) is 10.2. The molecule has 0 spiro atoms. The molecule has 2 nitrogen and oxygen atoms in total. The second-order valence-corrected chi connectivity index (χ2v) is 4.18. The summed E-state index contributed by atoms with van der Waals surface area (Å²) in [6.45, 7) is 3.71. The van der Waals surface area contributed by atoms with Crippen LogP contribution >= 0.6 is 0 Å². The molecule has 5 heteroatoms. The number of halogens is 3. The molecular formula is C9H15F3N2. The molecule has 2 heterocycles. The minimum atomic E-state index is -4.04. The van der Waals surface area contributed by atoms with Crippen LogP contribution in [-0.2, 0) is 0 Å². The van der Waals surface area contributed by atoms with Gasteiger partial charge in [-0.25, -0.2) is 0 Å². The number of fused-ring (bicyclic) bond motifs is 2. The third kappa shape index (κ3) is 1.88. The van der Waals surface area contributed by atoms with Gasteiger partial charge >= 0.3 is 6.18 Å². The van der Waals surface area contributed by atoms with E-state index in [9.17, 15) is 13.2 Å². The van der Waals surface area contributed by atoms with Crippen molar-refractivity contribution in [2.45, 2.75) is 31.6 Å². The van der Waals surface area contributed by atoms with Gasteiger partial charge in [-0.05, 0) is 13.0 Å². The number of piperazine rings is 1. The van der Waals surface area contributed by atoms with Gasteiger partial charge in [-0.2, -0.15) is 13.2 Å². The summed E-state index contributed by atoms with van der Waals surface area (Å²) in [5.41, 5.74) is 0. The van der Waals surface area contributed by atoms with Gasteiger partial charge in [0.15, 0.2) is 0 Å². The number of alkyl halides is 3. The minimum absolute atomic E-state index is 0.140. The lowest BCUT2D eigenvalue weighted by Gasteiger charge is -2.33. The molecule has 0 radical (unpaired) electrons. The summed E-state index contributed by atoms with van der Waals surface area (Å²) >= 11 is 0. The van der Waals surface area contributed by atoms with Gasteiger partial charge in [0.05, 0.1) is 6.54 Å². The molecule has 0 amide bonds. The van der Waals surface area contributed by atoms with Crippen molar-refractivity contribution in [2.24, 2.45) is 0 Å². The van der Waals surface area contributed by atoms with Crippen molar-refractivity contribution in [1.29, 1.82) is 0 Å². The smallest absolute Gasteiger partial charge is 0.298 e. The molecule has 2 atom stereocenters. The van der Waals surface area contributed by atoms with E-state index in [1.807, 2.05) is 0 Å². The Kier molecular flexibility index (Phi) is 2.47. The number of rotatable bonds is 2. The summed E-state index contributed by atoms with van der Waals surface area (Å²) in [5.74, 6) is 0. The molecule has 0 aromatic heterocycles. The highest BCUT2D eigenvalue weighted by Gasteiger charge is 2.45. The number of hydrogen-bond donors (Lipinski definition) is 0. The van der Waals surface area contributed by atoms with Gasteiger partial charge in [-0.15, -0.1) is 0 Å². The van der Waals surface area contributed by atoms with Crippen molar-refractivity contribution in [3.05, 3.63) is 0 Å². The molecule has 82 valence electrons. The lowest BCUT2D eigenvalue weighted by atomic mass is 10.2. The van der Waals surface area contributed by atoms with E-state index in [0.29, 0.717) is 12.6 Å². The Bertz CT molecular complexity index is 217. The van der Waals surface area contributed by atoms with Crippen LogP contribution in [-0.4, -0.2) is 54.2 Å². The Morgan fingerprint density at radius 2 is 1.71 bits per heavy atom. The number of nitrogens with zero attached hydrogens (tertiary/aromatic N) is 2. The van der Waals surface area contributed by atoms with Crippen LogP contribution in [0.1, 0.15) is 13.3 Å². The van der Waals surface area contributed by atoms with E-state index < -0.39 is 12.7 Å². The maximum atomic E-state index is 12.2. The fourth-order valence-corrected chi connectivity index (χ4v) is 2.64. The first-order valence-corrected chi connectivity index (χ1v) is 5.04. The Labute approximate surface area is 81.7 Å². The van der Waals surface area contributed by atoms with Crippen LogP contribution < -0.4 is 0 Å². The van der Waals surface area contributed by atoms with E-state index >= 15 is 0 Å². The zero-order chi connectivity index (χ0) is 10.3. The molecule has 0 N–H and O–H groups in total. The first-order valence-electron chi connectivity index (χ1n) is 5.04. The zero-order valence-electron chi connectivity index (χ0n) is 8.22. The van der Waals surface area contributed by atoms with Gasteiger partial charge in [-0.3, -0.25) is 9.80 Å². The minimum Gasteiger partial charge on any atom is -0.298 e. The molecule has 0 aromatic rings. The molecule has 2 aliphatic heterocycles. The molecule has 0 saturated carbocycles. The van der Waals surface area contributed by atoms with Crippen LogP contribution in [0.15, 0.2) is 0 Å². The second kappa shape index (κ2) is 3.38. The van der Waals surface area contributed by atoms with E-state index in [0.717, 1.165) is 19.5 Å². The van der Waals surface area contributed by atoms with Gasteiger partial charge in [-0.1, -0.05) is 6.92 Å². The van der Waals surface area contributed by atoms with E-state index in [1.54, 1.807) is 4.90 Å². The van der Waals surface area contributed by atoms with Gasteiger partial charge in [0, 0.05) is 25.2 Å². The Hall–Kier alpha value is -0.290. The number of hydrogen-bond acceptors (Lipinski definition) is 2. The van der Waals surface area contributed by atoms with Gasteiger partial charge in [0.2, 0.25) is 0 Å². The molecule has 0 aromatic carbocycles. The highest BCUT2D eigenvalue weighted by Crippen LogP contribution is 2.32. The quantitative estimate of drug-likeness (QED) is 0.675. The maximum Gasteiger partial charge on any atom is 0.401 e. The van der Waals surface area contributed by atoms with Crippen molar-refractivity contribution < 1.29 is 13.2 Å². The topological polar surface area (TPSA) is 6.48 Å². The van der Waals surface area contributed by atoms with Crippen molar-refractivity contribution in [3.8, 4) is 0 Å². The first-order chi connectivity index (χ1) is 6.49. The molecular weight excluding hydrogens is 193 g/mol. The van der Waals surface area contributed by atoms with Gasteiger partial charge in [0.1, 0.15) is 0 Å². The lowest BCUT2D eigenvalue weighted by molar-refractivity contribution is -0.150. The molecule has 2 aliphatic rings. The third-order valence-electron chi connectivity index (χ3n) is 3.26. The summed E-state index contributed by atoms with van der Waals surface area (Å²) in [4.78, 5) is 3.86. The Balaban J connectivity index is 1.90. The number of likely N-dealkylation sites (tertiary alicyclic amines) is 2. The van der Waals surface area contributed by atoms with E-state index in [-0.39, 0.29) is 6.04 Å². The van der Waals surface area contributed by atoms with Crippen LogP contribution in [0.25, 0.3) is 0 Å². The van der Waals surface area contributed by atoms with Crippen molar-refractivity contribution >= 4 is 0 Å². The molecule has 2 rings (SSSR count). The van der Waals surface area contributed by atoms with Gasteiger partial charge < -0.3 is 0 Å². The Morgan fingerprint density at radius 3 is 2.14 bits per heavy atom. The average Bonchev–Trinajstić information content (AvgIpc) is 2.58. The molecule has 2 fully saturated rings. The Morgan fingerprint density at radius 1 is 1.14 bits per heavy atom. The summed E-state index contributed by atoms with van der Waals surface area (Å²) in [6.07, 6.45) is -3.12. The highest BCUT2D eigenvalue weighted by atomic mass is 19.4. The highest BCUT2D eigenvalue weighted by molar-refractivity contribution is 4.99. The summed E-state index contributed by atoms with van der Waals surface area (Å²) in [6, 6.07) is 0.508. The van der Waals surface area contributed by atoms with Crippen LogP contribution in [0.4, 0.5) is 13.2 Å². The maximum absolute atomic E-state index is 12.2. The van der Waals surface area contributed by atoms with E-state index in [1.165, 1.54) is 0 Å². The molecule has 2 saturated heterocycles. The van der Waals surface area contributed by atoms with E-state index in [2.05, 4.69) is 11.8 Å². The van der Waals surface area contributed by atoms with Crippen molar-refractivity contribution in [1.82, 2.24) is 9.80 Å². The monoisotopic (exact) mass is 208 g/mol. The fraction of sp³-hybridized carbons (Fsp3) is 1.00. The fourth-order valence-electron chi connectivity index (χ4n) is 2.64. The van der Waals surface area contributed by atoms with Crippen molar-refractivity contribution in [2.75, 3.05) is 26.2 Å². The predicted octanol–water partition coefficient (Wildman–Crippen LogP) is 1.33. The SMILES string of the molecule is CCN1C[C@@H]2C[C@H]1CN2CC(F)(F)F. The zero-order valence-corrected chi connectivity index (χ0v) is 8.22. The van der Waals surface area contributed by atoms with Crippen LogP contribution in [0.5, 0.6) is 0 Å². The standard InChI is InChI=1S/C9H15F3N2/c1-2-13-4-8-3-7(13)5-14(8)6-9(10,11)12/h7-8H,2-6H2,1H3/t7-,8-/m0/s1. The predicted molar refractivity (Wildman–Crippen MR) is 47.1 cm³/mol. The second-order valence-electron chi connectivity index (χ2n) is 4.18. The summed E-state index contributed by atoms with van der Waals surface area (Å²) in [5, 5.41) is 0. The molecule has 0 unspecified atom stereocenters. The van der Waals surface area contributed by atoms with Crippen LogP contribution in [0.2, 0.25) is 0 Å².